The Morgan fingerprint density at radius 3 is 2.68 bits per heavy atom. The van der Waals surface area contributed by atoms with E-state index in [2.05, 4.69) is 9.71 Å². The van der Waals surface area contributed by atoms with Crippen LogP contribution in [-0.2, 0) is 10.0 Å². The van der Waals surface area contributed by atoms with E-state index < -0.39 is 10.0 Å². The van der Waals surface area contributed by atoms with Crippen molar-refractivity contribution in [2.75, 3.05) is 0 Å². The second-order valence-electron chi connectivity index (χ2n) is 4.22. The first-order chi connectivity index (χ1) is 9.04. The van der Waals surface area contributed by atoms with Crippen LogP contribution >= 0.6 is 11.3 Å². The normalized spacial score (nSPS) is 13.4. The van der Waals surface area contributed by atoms with Gasteiger partial charge >= 0.3 is 0 Å². The molecule has 0 radical (unpaired) electrons. The average molecular weight is 296 g/mol. The van der Waals surface area contributed by atoms with Crippen molar-refractivity contribution in [1.29, 1.82) is 0 Å². The Kier molecular flexibility index (Phi) is 4.34. The number of nitrogens with one attached hydrogen (secondary N) is 1. The van der Waals surface area contributed by atoms with E-state index >= 15 is 0 Å². The summed E-state index contributed by atoms with van der Waals surface area (Å²) in [6, 6.07) is 6.69. The zero-order valence-corrected chi connectivity index (χ0v) is 12.5. The number of rotatable bonds is 5. The van der Waals surface area contributed by atoms with Gasteiger partial charge in [-0.05, 0) is 25.0 Å². The monoisotopic (exact) mass is 296 g/mol. The fraction of sp³-hybridized carbons (Fsp3) is 0.308. The summed E-state index contributed by atoms with van der Waals surface area (Å²) < 4.78 is 27.5. The topological polar surface area (TPSA) is 59.1 Å². The smallest absolute Gasteiger partial charge is 0.241 e. The van der Waals surface area contributed by atoms with Crippen molar-refractivity contribution in [2.45, 2.75) is 31.2 Å². The quantitative estimate of drug-likeness (QED) is 0.923. The third kappa shape index (κ3) is 3.20. The van der Waals surface area contributed by atoms with Gasteiger partial charge in [-0.1, -0.05) is 25.1 Å². The fourth-order valence-electron chi connectivity index (χ4n) is 1.82. The predicted octanol–water partition coefficient (Wildman–Crippen LogP) is 2.88. The van der Waals surface area contributed by atoms with Crippen molar-refractivity contribution in [3.8, 4) is 0 Å². The molecule has 1 atom stereocenters. The number of aromatic nitrogens is 1. The Morgan fingerprint density at radius 1 is 1.37 bits per heavy atom. The summed E-state index contributed by atoms with van der Waals surface area (Å²) in [5.74, 6) is 0. The average Bonchev–Trinajstić information content (AvgIpc) is 2.90. The Morgan fingerprint density at radius 2 is 2.11 bits per heavy atom. The first kappa shape index (κ1) is 14.2. The number of sulfonamides is 1. The van der Waals surface area contributed by atoms with Gasteiger partial charge in [0.05, 0.1) is 10.9 Å². The van der Waals surface area contributed by atoms with Crippen molar-refractivity contribution < 1.29 is 8.42 Å². The third-order valence-corrected chi connectivity index (χ3v) is 5.36. The summed E-state index contributed by atoms with van der Waals surface area (Å²) >= 11 is 1.46. The first-order valence-corrected chi connectivity index (χ1v) is 8.38. The second kappa shape index (κ2) is 5.81. The van der Waals surface area contributed by atoms with Gasteiger partial charge in [-0.15, -0.1) is 11.3 Å². The molecule has 2 aromatic rings. The lowest BCUT2D eigenvalue weighted by Gasteiger charge is -2.15. The van der Waals surface area contributed by atoms with Gasteiger partial charge < -0.3 is 0 Å². The summed E-state index contributed by atoms with van der Waals surface area (Å²) in [5, 5.41) is 2.64. The molecule has 1 unspecified atom stereocenters. The molecule has 102 valence electrons. The van der Waals surface area contributed by atoms with Crippen LogP contribution in [0.2, 0.25) is 0 Å². The number of hydrogen-bond donors (Lipinski definition) is 1. The van der Waals surface area contributed by atoms with E-state index in [0.29, 0.717) is 11.3 Å². The van der Waals surface area contributed by atoms with Gasteiger partial charge in [-0.2, -0.15) is 0 Å². The molecule has 0 aliphatic rings. The largest absolute Gasteiger partial charge is 0.248 e. The molecule has 0 aliphatic carbocycles. The molecule has 0 amide bonds. The molecule has 2 rings (SSSR count). The minimum atomic E-state index is -3.51. The lowest BCUT2D eigenvalue weighted by Crippen LogP contribution is -2.28. The van der Waals surface area contributed by atoms with Gasteiger partial charge in [-0.3, -0.25) is 0 Å². The van der Waals surface area contributed by atoms with E-state index in [1.165, 1.54) is 11.3 Å². The molecule has 0 aliphatic heterocycles. The molecule has 1 N–H and O–H groups in total. The molecule has 0 bridgehead atoms. The maximum atomic E-state index is 12.4. The van der Waals surface area contributed by atoms with Gasteiger partial charge in [0.25, 0.3) is 0 Å². The summed E-state index contributed by atoms with van der Waals surface area (Å²) in [5.41, 5.74) is 0.740. The standard InChI is InChI=1S/C13H16N2O2S2/c1-3-11(13-14-8-9-18-13)15-19(16,17)12-7-5-4-6-10(12)2/h4-9,11,15H,3H2,1-2H3. The van der Waals surface area contributed by atoms with E-state index in [4.69, 9.17) is 0 Å². The Hall–Kier alpha value is -1.24. The molecule has 0 saturated carbocycles. The zero-order chi connectivity index (χ0) is 13.9. The van der Waals surface area contributed by atoms with Crippen LogP contribution in [0.1, 0.15) is 30.0 Å². The SMILES string of the molecule is CCC(NS(=O)(=O)c1ccccc1C)c1nccs1. The highest BCUT2D eigenvalue weighted by Gasteiger charge is 2.22. The molecule has 1 aromatic heterocycles. The van der Waals surface area contributed by atoms with Crippen LogP contribution in [-0.4, -0.2) is 13.4 Å². The van der Waals surface area contributed by atoms with Gasteiger partial charge in [-0.25, -0.2) is 18.1 Å². The van der Waals surface area contributed by atoms with Crippen molar-refractivity contribution in [3.05, 3.63) is 46.4 Å². The molecule has 0 fully saturated rings. The lowest BCUT2D eigenvalue weighted by atomic mass is 10.2. The van der Waals surface area contributed by atoms with Gasteiger partial charge in [0, 0.05) is 11.6 Å². The van der Waals surface area contributed by atoms with Crippen LogP contribution < -0.4 is 4.72 Å². The predicted molar refractivity (Wildman–Crippen MR) is 76.6 cm³/mol. The van der Waals surface area contributed by atoms with Crippen molar-refractivity contribution in [2.24, 2.45) is 0 Å². The highest BCUT2D eigenvalue weighted by molar-refractivity contribution is 7.89. The van der Waals surface area contributed by atoms with Crippen LogP contribution in [0.3, 0.4) is 0 Å². The molecule has 0 saturated heterocycles. The Balaban J connectivity index is 2.29. The molecular formula is C13H16N2O2S2. The third-order valence-electron chi connectivity index (χ3n) is 2.84. The van der Waals surface area contributed by atoms with Gasteiger partial charge in [0.1, 0.15) is 5.01 Å². The van der Waals surface area contributed by atoms with Gasteiger partial charge in [0.2, 0.25) is 10.0 Å². The molecule has 4 nitrogen and oxygen atoms in total. The van der Waals surface area contributed by atoms with Crippen LogP contribution in [0.4, 0.5) is 0 Å². The number of hydrogen-bond acceptors (Lipinski definition) is 4. The number of thiazole rings is 1. The maximum absolute atomic E-state index is 12.4. The molecule has 6 heteroatoms. The second-order valence-corrected chi connectivity index (χ2v) is 6.83. The van der Waals surface area contributed by atoms with E-state index in [-0.39, 0.29) is 6.04 Å². The lowest BCUT2D eigenvalue weighted by molar-refractivity contribution is 0.548. The van der Waals surface area contributed by atoms with Gasteiger partial charge in [0.15, 0.2) is 0 Å². The van der Waals surface area contributed by atoms with Crippen LogP contribution in [0.15, 0.2) is 40.7 Å². The van der Waals surface area contributed by atoms with E-state index in [1.54, 1.807) is 31.3 Å². The van der Waals surface area contributed by atoms with Crippen LogP contribution in [0.5, 0.6) is 0 Å². The highest BCUT2D eigenvalue weighted by atomic mass is 32.2. The summed E-state index contributed by atoms with van der Waals surface area (Å²) in [4.78, 5) is 4.50. The summed E-state index contributed by atoms with van der Waals surface area (Å²) in [6.07, 6.45) is 2.35. The maximum Gasteiger partial charge on any atom is 0.241 e. The minimum absolute atomic E-state index is 0.274. The van der Waals surface area contributed by atoms with Crippen LogP contribution in [0.25, 0.3) is 0 Å². The molecular weight excluding hydrogens is 280 g/mol. The van der Waals surface area contributed by atoms with Crippen molar-refractivity contribution in [3.63, 3.8) is 0 Å². The number of benzene rings is 1. The van der Waals surface area contributed by atoms with E-state index in [1.807, 2.05) is 18.4 Å². The molecule has 1 aromatic carbocycles. The summed E-state index contributed by atoms with van der Waals surface area (Å²) in [6.45, 7) is 3.73. The Bertz CT molecular complexity index is 636. The molecule has 19 heavy (non-hydrogen) atoms. The minimum Gasteiger partial charge on any atom is -0.248 e. The van der Waals surface area contributed by atoms with E-state index in [9.17, 15) is 8.42 Å². The van der Waals surface area contributed by atoms with Crippen molar-refractivity contribution >= 4 is 21.4 Å². The summed E-state index contributed by atoms with van der Waals surface area (Å²) in [7, 11) is -3.51. The number of nitrogens with zero attached hydrogens (tertiary/aromatic N) is 1. The number of aryl methyl sites for hydroxylation is 1. The molecule has 1 heterocycles. The van der Waals surface area contributed by atoms with Crippen LogP contribution in [0, 0.1) is 6.92 Å². The molecule has 0 spiro atoms. The highest BCUT2D eigenvalue weighted by Crippen LogP contribution is 2.23. The fourth-order valence-corrected chi connectivity index (χ4v) is 4.20. The zero-order valence-electron chi connectivity index (χ0n) is 10.8. The van der Waals surface area contributed by atoms with E-state index in [0.717, 1.165) is 10.6 Å². The first-order valence-electron chi connectivity index (χ1n) is 6.02. The Labute approximate surface area is 117 Å². The van der Waals surface area contributed by atoms with Crippen molar-refractivity contribution in [1.82, 2.24) is 9.71 Å².